The van der Waals surface area contributed by atoms with Gasteiger partial charge in [-0.15, -0.1) is 0 Å². The monoisotopic (exact) mass is 244 g/mol. The summed E-state index contributed by atoms with van der Waals surface area (Å²) in [6.07, 6.45) is 2.27. The predicted molar refractivity (Wildman–Crippen MR) is 71.2 cm³/mol. The molecule has 3 rings (SSSR count). The molecule has 2 aliphatic heterocycles. The lowest BCUT2D eigenvalue weighted by Gasteiger charge is -2.33. The molecule has 3 nitrogen and oxygen atoms in total. The van der Waals surface area contributed by atoms with Gasteiger partial charge in [0.2, 0.25) is 5.91 Å². The highest BCUT2D eigenvalue weighted by molar-refractivity contribution is 5.73. The molecule has 1 fully saturated rings. The Morgan fingerprint density at radius 2 is 2.00 bits per heavy atom. The van der Waals surface area contributed by atoms with E-state index in [1.807, 2.05) is 4.90 Å². The topological polar surface area (TPSA) is 23.6 Å². The Labute approximate surface area is 108 Å². The number of fused-ring (bicyclic) bond motifs is 1. The van der Waals surface area contributed by atoms with Gasteiger partial charge in [0.05, 0.1) is 0 Å². The summed E-state index contributed by atoms with van der Waals surface area (Å²) in [6, 6.07) is 9.28. The fraction of sp³-hybridized carbons (Fsp3) is 0.533. The molecule has 0 unspecified atom stereocenters. The van der Waals surface area contributed by atoms with Gasteiger partial charge in [0.1, 0.15) is 0 Å². The molecule has 1 atom stereocenters. The van der Waals surface area contributed by atoms with Crippen LogP contribution in [0.1, 0.15) is 24.5 Å². The van der Waals surface area contributed by atoms with Crippen molar-refractivity contribution in [1.29, 1.82) is 0 Å². The summed E-state index contributed by atoms with van der Waals surface area (Å²) in [7, 11) is 0. The smallest absolute Gasteiger partial charge is 0.219 e. The van der Waals surface area contributed by atoms with Gasteiger partial charge in [-0.3, -0.25) is 9.69 Å². The summed E-state index contributed by atoms with van der Waals surface area (Å²) < 4.78 is 0. The van der Waals surface area contributed by atoms with E-state index >= 15 is 0 Å². The summed E-state index contributed by atoms with van der Waals surface area (Å²) in [5.74, 6) is 0.218. The molecule has 3 heteroatoms. The Kier molecular flexibility index (Phi) is 3.08. The molecule has 0 saturated carbocycles. The number of nitrogens with zero attached hydrogens (tertiary/aromatic N) is 2. The van der Waals surface area contributed by atoms with Crippen LogP contribution in [0.25, 0.3) is 0 Å². The first-order chi connectivity index (χ1) is 8.74. The summed E-state index contributed by atoms with van der Waals surface area (Å²) in [6.45, 7) is 5.70. The third kappa shape index (κ3) is 2.15. The van der Waals surface area contributed by atoms with Crippen LogP contribution < -0.4 is 0 Å². The fourth-order valence-corrected chi connectivity index (χ4v) is 3.16. The summed E-state index contributed by atoms with van der Waals surface area (Å²) in [5, 5.41) is 0. The Morgan fingerprint density at radius 3 is 2.72 bits per heavy atom. The Hall–Kier alpha value is -1.35. The maximum absolute atomic E-state index is 11.4. The number of carbonyl (C=O) groups excluding carboxylic acids is 1. The highest BCUT2D eigenvalue weighted by Gasteiger charge is 2.30. The van der Waals surface area contributed by atoms with Crippen LogP contribution in [0, 0.1) is 0 Å². The lowest BCUT2D eigenvalue weighted by atomic mass is 9.98. The lowest BCUT2D eigenvalue weighted by molar-refractivity contribution is -0.128. The van der Waals surface area contributed by atoms with E-state index in [1.54, 1.807) is 6.92 Å². The van der Waals surface area contributed by atoms with Crippen LogP contribution in [0.4, 0.5) is 0 Å². The number of hydrogen-bond donors (Lipinski definition) is 0. The van der Waals surface area contributed by atoms with E-state index in [9.17, 15) is 4.79 Å². The van der Waals surface area contributed by atoms with Gasteiger partial charge in [0, 0.05) is 39.1 Å². The molecule has 1 saturated heterocycles. The first-order valence-electron chi connectivity index (χ1n) is 6.80. The minimum Gasteiger partial charge on any atom is -0.341 e. The van der Waals surface area contributed by atoms with Crippen molar-refractivity contribution in [3.05, 3.63) is 35.4 Å². The molecule has 0 bridgehead atoms. The molecule has 2 heterocycles. The van der Waals surface area contributed by atoms with Gasteiger partial charge in [-0.25, -0.2) is 0 Å². The van der Waals surface area contributed by atoms with Crippen molar-refractivity contribution in [1.82, 2.24) is 9.80 Å². The quantitative estimate of drug-likeness (QED) is 0.750. The zero-order valence-corrected chi connectivity index (χ0v) is 10.9. The first-order valence-corrected chi connectivity index (χ1v) is 6.80. The van der Waals surface area contributed by atoms with Gasteiger partial charge in [-0.05, 0) is 24.0 Å². The largest absolute Gasteiger partial charge is 0.341 e. The first kappa shape index (κ1) is 11.7. The summed E-state index contributed by atoms with van der Waals surface area (Å²) >= 11 is 0. The highest BCUT2D eigenvalue weighted by Crippen LogP contribution is 2.24. The van der Waals surface area contributed by atoms with E-state index in [1.165, 1.54) is 11.1 Å². The van der Waals surface area contributed by atoms with Crippen molar-refractivity contribution in [2.45, 2.75) is 32.4 Å². The molecule has 0 aromatic heterocycles. The van der Waals surface area contributed by atoms with Crippen molar-refractivity contribution in [2.75, 3.05) is 19.6 Å². The second-order valence-electron chi connectivity index (χ2n) is 5.40. The van der Waals surface area contributed by atoms with Gasteiger partial charge >= 0.3 is 0 Å². The zero-order valence-electron chi connectivity index (χ0n) is 10.9. The standard InChI is InChI=1S/C15H20N2O/c1-12(18)16-9-7-15(11-16)17-8-6-13-4-2-3-5-14(13)10-17/h2-5,15H,6-11H2,1H3/t15-/m1/s1. The number of rotatable bonds is 1. The number of hydrogen-bond acceptors (Lipinski definition) is 2. The van der Waals surface area contributed by atoms with E-state index in [4.69, 9.17) is 0 Å². The molecule has 1 amide bonds. The van der Waals surface area contributed by atoms with Gasteiger partial charge < -0.3 is 4.90 Å². The van der Waals surface area contributed by atoms with Crippen LogP contribution in [0.15, 0.2) is 24.3 Å². The van der Waals surface area contributed by atoms with Crippen molar-refractivity contribution >= 4 is 5.91 Å². The van der Waals surface area contributed by atoms with Crippen LogP contribution >= 0.6 is 0 Å². The molecule has 0 N–H and O–H groups in total. The zero-order chi connectivity index (χ0) is 12.5. The second-order valence-corrected chi connectivity index (χ2v) is 5.40. The molecule has 2 aliphatic rings. The van der Waals surface area contributed by atoms with Gasteiger partial charge in [0.15, 0.2) is 0 Å². The van der Waals surface area contributed by atoms with E-state index in [0.29, 0.717) is 6.04 Å². The normalized spacial score (nSPS) is 24.1. The molecule has 0 spiro atoms. The van der Waals surface area contributed by atoms with E-state index < -0.39 is 0 Å². The predicted octanol–water partition coefficient (Wildman–Crippen LogP) is 1.67. The third-order valence-electron chi connectivity index (χ3n) is 4.29. The molecule has 0 radical (unpaired) electrons. The van der Waals surface area contributed by atoms with Gasteiger partial charge in [-0.2, -0.15) is 0 Å². The molecular formula is C15H20N2O. The van der Waals surface area contributed by atoms with Crippen LogP contribution in [-0.2, 0) is 17.8 Å². The van der Waals surface area contributed by atoms with Crippen molar-refractivity contribution in [3.8, 4) is 0 Å². The lowest BCUT2D eigenvalue weighted by Crippen LogP contribution is -2.41. The van der Waals surface area contributed by atoms with Crippen molar-refractivity contribution in [3.63, 3.8) is 0 Å². The van der Waals surface area contributed by atoms with Gasteiger partial charge in [0.25, 0.3) is 0 Å². The Morgan fingerprint density at radius 1 is 1.22 bits per heavy atom. The van der Waals surface area contributed by atoms with Crippen LogP contribution in [0.5, 0.6) is 0 Å². The Balaban J connectivity index is 1.68. The van der Waals surface area contributed by atoms with E-state index in [0.717, 1.165) is 39.0 Å². The minimum absolute atomic E-state index is 0.218. The summed E-state index contributed by atoms with van der Waals surface area (Å²) in [5.41, 5.74) is 2.96. The molecule has 1 aromatic rings. The third-order valence-corrected chi connectivity index (χ3v) is 4.29. The molecule has 0 aliphatic carbocycles. The SMILES string of the molecule is CC(=O)N1CC[C@@H](N2CCc3ccccc3C2)C1. The van der Waals surface area contributed by atoms with Gasteiger partial charge in [-0.1, -0.05) is 24.3 Å². The average molecular weight is 244 g/mol. The van der Waals surface area contributed by atoms with E-state index in [2.05, 4.69) is 29.2 Å². The van der Waals surface area contributed by atoms with Crippen molar-refractivity contribution < 1.29 is 4.79 Å². The van der Waals surface area contributed by atoms with Crippen LogP contribution in [-0.4, -0.2) is 41.4 Å². The van der Waals surface area contributed by atoms with Crippen molar-refractivity contribution in [2.24, 2.45) is 0 Å². The summed E-state index contributed by atoms with van der Waals surface area (Å²) in [4.78, 5) is 15.9. The molecule has 18 heavy (non-hydrogen) atoms. The Bertz CT molecular complexity index is 458. The van der Waals surface area contributed by atoms with Crippen LogP contribution in [0.2, 0.25) is 0 Å². The molecule has 96 valence electrons. The number of likely N-dealkylation sites (tertiary alicyclic amines) is 1. The molecule has 1 aromatic carbocycles. The highest BCUT2D eigenvalue weighted by atomic mass is 16.2. The van der Waals surface area contributed by atoms with E-state index in [-0.39, 0.29) is 5.91 Å². The average Bonchev–Trinajstić information content (AvgIpc) is 2.88. The maximum atomic E-state index is 11.4. The maximum Gasteiger partial charge on any atom is 0.219 e. The number of carbonyl (C=O) groups is 1. The number of amides is 1. The minimum atomic E-state index is 0.218. The van der Waals surface area contributed by atoms with Crippen LogP contribution in [0.3, 0.4) is 0 Å². The number of benzene rings is 1. The fourth-order valence-electron chi connectivity index (χ4n) is 3.16. The second kappa shape index (κ2) is 4.73. The molecular weight excluding hydrogens is 224 g/mol.